The Labute approximate surface area is 181 Å². The summed E-state index contributed by atoms with van der Waals surface area (Å²) in [7, 11) is 3.37. The van der Waals surface area contributed by atoms with E-state index in [2.05, 4.69) is 20.4 Å². The molecule has 1 unspecified atom stereocenters. The fraction of sp³-hybridized carbons (Fsp3) is 0.556. The first-order chi connectivity index (χ1) is 12.9. The van der Waals surface area contributed by atoms with Gasteiger partial charge >= 0.3 is 6.61 Å². The van der Waals surface area contributed by atoms with E-state index >= 15 is 0 Å². The summed E-state index contributed by atoms with van der Waals surface area (Å²) in [6.45, 7) is 1.15. The van der Waals surface area contributed by atoms with Gasteiger partial charge in [0.2, 0.25) is 5.91 Å². The van der Waals surface area contributed by atoms with Crippen LogP contribution in [0.15, 0.2) is 29.3 Å². The molecule has 2 rings (SSSR count). The van der Waals surface area contributed by atoms with Crippen molar-refractivity contribution < 1.29 is 18.3 Å². The molecule has 28 heavy (non-hydrogen) atoms. The van der Waals surface area contributed by atoms with E-state index in [9.17, 15) is 13.6 Å². The molecular weight excluding hydrogens is 483 g/mol. The molecule has 1 atom stereocenters. The standard InChI is InChI=1S/C18H27F2N5O2.HI/c1-4-21-18(22-11-16(26)24(2)3)23-13-9-10-25(12-13)14-7-5-6-8-15(14)27-17(19)20;/h5-8,13,17H,4,9-12H2,1-3H3,(H2,21,22,23);1H. The van der Waals surface area contributed by atoms with E-state index in [-0.39, 0.29) is 48.2 Å². The van der Waals surface area contributed by atoms with Crippen molar-refractivity contribution in [3.63, 3.8) is 0 Å². The first kappa shape index (κ1) is 24.2. The summed E-state index contributed by atoms with van der Waals surface area (Å²) >= 11 is 0. The molecule has 0 bridgehead atoms. The number of amides is 1. The Morgan fingerprint density at radius 2 is 2.11 bits per heavy atom. The number of aliphatic imine (C=N–C) groups is 1. The second-order valence-electron chi connectivity index (χ2n) is 6.41. The lowest BCUT2D eigenvalue weighted by molar-refractivity contribution is -0.127. The van der Waals surface area contributed by atoms with Gasteiger partial charge in [-0.3, -0.25) is 4.79 Å². The highest BCUT2D eigenvalue weighted by Crippen LogP contribution is 2.31. The summed E-state index contributed by atoms with van der Waals surface area (Å²) in [5, 5.41) is 6.43. The number of rotatable bonds is 7. The lowest BCUT2D eigenvalue weighted by Crippen LogP contribution is -2.45. The van der Waals surface area contributed by atoms with Crippen molar-refractivity contribution in [3.8, 4) is 5.75 Å². The average Bonchev–Trinajstić information content (AvgIpc) is 3.07. The molecule has 1 fully saturated rings. The Kier molecular flexibility index (Phi) is 10.3. The van der Waals surface area contributed by atoms with Gasteiger partial charge in [-0.05, 0) is 25.5 Å². The number of ether oxygens (including phenoxy) is 1. The lowest BCUT2D eigenvalue weighted by Gasteiger charge is -2.22. The number of likely N-dealkylation sites (N-methyl/N-ethyl adjacent to an activating group) is 1. The van der Waals surface area contributed by atoms with E-state index in [1.165, 1.54) is 4.90 Å². The maximum absolute atomic E-state index is 12.6. The number of alkyl halides is 2. The molecule has 1 amide bonds. The number of nitrogens with zero attached hydrogens (tertiary/aromatic N) is 3. The molecule has 2 N–H and O–H groups in total. The van der Waals surface area contributed by atoms with Crippen molar-refractivity contribution in [2.45, 2.75) is 26.0 Å². The highest BCUT2D eigenvalue weighted by Gasteiger charge is 2.26. The third-order valence-corrected chi connectivity index (χ3v) is 4.17. The summed E-state index contributed by atoms with van der Waals surface area (Å²) in [4.78, 5) is 19.5. The number of hydrogen-bond donors (Lipinski definition) is 2. The fourth-order valence-electron chi connectivity index (χ4n) is 2.81. The monoisotopic (exact) mass is 511 g/mol. The second kappa shape index (κ2) is 11.9. The zero-order chi connectivity index (χ0) is 19.8. The molecule has 10 heteroatoms. The Morgan fingerprint density at radius 1 is 1.39 bits per heavy atom. The molecule has 1 heterocycles. The number of anilines is 1. The Hall–Kier alpha value is -1.85. The number of para-hydroxylation sites is 2. The average molecular weight is 511 g/mol. The SMILES string of the molecule is CCNC(=NCC(=O)N(C)C)NC1CCN(c2ccccc2OC(F)F)C1.I. The molecule has 1 aliphatic rings. The number of benzene rings is 1. The van der Waals surface area contributed by atoms with Crippen LogP contribution in [0.2, 0.25) is 0 Å². The quantitative estimate of drug-likeness (QED) is 0.334. The summed E-state index contributed by atoms with van der Waals surface area (Å²) in [6.07, 6.45) is 0.815. The summed E-state index contributed by atoms with van der Waals surface area (Å²) in [5.74, 6) is 0.653. The van der Waals surface area contributed by atoms with Crippen LogP contribution in [0.1, 0.15) is 13.3 Å². The summed E-state index contributed by atoms with van der Waals surface area (Å²) < 4.78 is 29.9. The first-order valence-corrected chi connectivity index (χ1v) is 8.94. The van der Waals surface area contributed by atoms with Gasteiger partial charge in [0.25, 0.3) is 0 Å². The first-order valence-electron chi connectivity index (χ1n) is 8.94. The van der Waals surface area contributed by atoms with Crippen molar-refractivity contribution in [2.75, 3.05) is 45.2 Å². The van der Waals surface area contributed by atoms with Crippen LogP contribution in [0, 0.1) is 0 Å². The second-order valence-corrected chi connectivity index (χ2v) is 6.41. The molecule has 158 valence electrons. The maximum Gasteiger partial charge on any atom is 0.387 e. The van der Waals surface area contributed by atoms with Crippen LogP contribution in [0.3, 0.4) is 0 Å². The van der Waals surface area contributed by atoms with Crippen molar-refractivity contribution in [2.24, 2.45) is 4.99 Å². The van der Waals surface area contributed by atoms with Crippen molar-refractivity contribution >= 4 is 41.5 Å². The maximum atomic E-state index is 12.6. The highest BCUT2D eigenvalue weighted by atomic mass is 127. The third kappa shape index (κ3) is 7.28. The van der Waals surface area contributed by atoms with E-state index in [0.29, 0.717) is 31.3 Å². The van der Waals surface area contributed by atoms with E-state index in [1.807, 2.05) is 11.8 Å². The van der Waals surface area contributed by atoms with Gasteiger partial charge < -0.3 is 25.2 Å². The molecule has 0 aliphatic carbocycles. The van der Waals surface area contributed by atoms with Crippen LogP contribution >= 0.6 is 24.0 Å². The number of halogens is 3. The molecule has 1 aliphatic heterocycles. The minimum absolute atomic E-state index is 0. The molecule has 0 spiro atoms. The van der Waals surface area contributed by atoms with Crippen molar-refractivity contribution in [3.05, 3.63) is 24.3 Å². The van der Waals surface area contributed by atoms with Gasteiger partial charge in [-0.1, -0.05) is 12.1 Å². The zero-order valence-corrected chi connectivity index (χ0v) is 18.7. The van der Waals surface area contributed by atoms with Crippen LogP contribution in [0.25, 0.3) is 0 Å². The van der Waals surface area contributed by atoms with Crippen molar-refractivity contribution in [1.29, 1.82) is 0 Å². The molecule has 0 radical (unpaired) electrons. The summed E-state index contributed by atoms with van der Waals surface area (Å²) in [5.41, 5.74) is 0.645. The number of carbonyl (C=O) groups is 1. The number of guanidine groups is 1. The zero-order valence-electron chi connectivity index (χ0n) is 16.3. The fourth-order valence-corrected chi connectivity index (χ4v) is 2.81. The predicted octanol–water partition coefficient (Wildman–Crippen LogP) is 2.13. The molecule has 1 aromatic rings. The van der Waals surface area contributed by atoms with Gasteiger partial charge in [-0.15, -0.1) is 24.0 Å². The van der Waals surface area contributed by atoms with E-state index < -0.39 is 6.61 Å². The molecule has 0 aromatic heterocycles. The van der Waals surface area contributed by atoms with Crippen LogP contribution in [0.5, 0.6) is 5.75 Å². The van der Waals surface area contributed by atoms with Gasteiger partial charge in [0, 0.05) is 39.8 Å². The summed E-state index contributed by atoms with van der Waals surface area (Å²) in [6, 6.07) is 6.87. The van der Waals surface area contributed by atoms with Gasteiger partial charge in [0.15, 0.2) is 5.96 Å². The molecule has 7 nitrogen and oxygen atoms in total. The van der Waals surface area contributed by atoms with E-state index in [0.717, 1.165) is 6.42 Å². The normalized spacial score (nSPS) is 16.6. The largest absolute Gasteiger partial charge is 0.433 e. The molecule has 1 saturated heterocycles. The Morgan fingerprint density at radius 3 is 2.75 bits per heavy atom. The van der Waals surface area contributed by atoms with Crippen LogP contribution in [0.4, 0.5) is 14.5 Å². The van der Waals surface area contributed by atoms with Gasteiger partial charge in [-0.25, -0.2) is 4.99 Å². The van der Waals surface area contributed by atoms with Gasteiger partial charge in [0.1, 0.15) is 12.3 Å². The van der Waals surface area contributed by atoms with E-state index in [1.54, 1.807) is 38.4 Å². The van der Waals surface area contributed by atoms with Crippen LogP contribution < -0.4 is 20.3 Å². The minimum Gasteiger partial charge on any atom is -0.433 e. The minimum atomic E-state index is -2.86. The topological polar surface area (TPSA) is 69.2 Å². The van der Waals surface area contributed by atoms with E-state index in [4.69, 9.17) is 0 Å². The number of nitrogens with one attached hydrogen (secondary N) is 2. The number of carbonyl (C=O) groups excluding carboxylic acids is 1. The molecule has 1 aromatic carbocycles. The third-order valence-electron chi connectivity index (χ3n) is 4.17. The lowest BCUT2D eigenvalue weighted by atomic mass is 10.2. The molecule has 0 saturated carbocycles. The van der Waals surface area contributed by atoms with Gasteiger partial charge in [-0.2, -0.15) is 8.78 Å². The van der Waals surface area contributed by atoms with Gasteiger partial charge in [0.05, 0.1) is 5.69 Å². The number of hydrogen-bond acceptors (Lipinski definition) is 4. The Balaban J connectivity index is 0.00000392. The molecular formula is C18H28F2IN5O2. The highest BCUT2D eigenvalue weighted by molar-refractivity contribution is 14.0. The Bertz CT molecular complexity index is 661. The predicted molar refractivity (Wildman–Crippen MR) is 117 cm³/mol. The van der Waals surface area contributed by atoms with Crippen molar-refractivity contribution in [1.82, 2.24) is 15.5 Å². The van der Waals surface area contributed by atoms with Crippen LogP contribution in [-0.2, 0) is 4.79 Å². The smallest absolute Gasteiger partial charge is 0.387 e. The van der Waals surface area contributed by atoms with Crippen LogP contribution in [-0.4, -0.2) is 69.7 Å².